The Balaban J connectivity index is 0.000000397. The van der Waals surface area contributed by atoms with Crippen LogP contribution in [0, 0.1) is 6.92 Å². The minimum Gasteiger partial charge on any atom is -0.506 e. The highest BCUT2D eigenvalue weighted by Gasteiger charge is 2.20. The van der Waals surface area contributed by atoms with Gasteiger partial charge in [0.05, 0.1) is 25.4 Å². The summed E-state index contributed by atoms with van der Waals surface area (Å²) in [5, 5.41) is 35.5. The standard InChI is InChI=1S/C10H9NO.C4H11NO3.Al.3H/c1-7-4-5-9(12)10-8(7)3-2-6-11-10;5-4(1-6,2-7)3-8;;;;/h2-6,12H,1H3;6-8H,1-3,5H2;;;;. The second-order valence-corrected chi connectivity index (χ2v) is 4.64. The normalized spacial score (nSPS) is 10.5. The topological polar surface area (TPSA) is 120 Å². The average molecular weight is 310 g/mol. The van der Waals surface area contributed by atoms with Crippen LogP contribution < -0.4 is 5.73 Å². The smallest absolute Gasteiger partial charge is 0.187 e. The number of rotatable bonds is 3. The lowest BCUT2D eigenvalue weighted by Gasteiger charge is -2.20. The van der Waals surface area contributed by atoms with Crippen LogP contribution in [-0.2, 0) is 0 Å². The summed E-state index contributed by atoms with van der Waals surface area (Å²) in [5.41, 5.74) is 5.75. The number of phenols is 1. The van der Waals surface area contributed by atoms with Crippen molar-refractivity contribution in [2.45, 2.75) is 12.5 Å². The summed E-state index contributed by atoms with van der Waals surface area (Å²) in [5.74, 6) is 0.246. The summed E-state index contributed by atoms with van der Waals surface area (Å²) in [4.78, 5) is 4.09. The lowest BCUT2D eigenvalue weighted by atomic mass is 10.1. The van der Waals surface area contributed by atoms with Crippen LogP contribution in [0.3, 0.4) is 0 Å². The van der Waals surface area contributed by atoms with Crippen LogP contribution in [0.2, 0.25) is 0 Å². The first-order valence-corrected chi connectivity index (χ1v) is 6.12. The zero-order valence-corrected chi connectivity index (χ0v) is 11.3. The van der Waals surface area contributed by atoms with E-state index in [1.165, 1.54) is 0 Å². The Kier molecular flexibility index (Phi) is 8.44. The Morgan fingerprint density at radius 3 is 2.10 bits per heavy atom. The summed E-state index contributed by atoms with van der Waals surface area (Å²) in [7, 11) is 0. The van der Waals surface area contributed by atoms with Gasteiger partial charge in [-0.3, -0.25) is 4.98 Å². The van der Waals surface area contributed by atoms with Gasteiger partial charge in [-0.05, 0) is 24.6 Å². The van der Waals surface area contributed by atoms with Crippen molar-refractivity contribution in [1.29, 1.82) is 0 Å². The van der Waals surface area contributed by atoms with Gasteiger partial charge in [0, 0.05) is 11.6 Å². The van der Waals surface area contributed by atoms with E-state index in [-0.39, 0.29) is 23.1 Å². The van der Waals surface area contributed by atoms with Gasteiger partial charge in [0.25, 0.3) is 0 Å². The Morgan fingerprint density at radius 2 is 1.67 bits per heavy atom. The number of aliphatic hydroxyl groups is 3. The molecule has 0 unspecified atom stereocenters. The number of aromatic nitrogens is 1. The van der Waals surface area contributed by atoms with E-state index in [0.717, 1.165) is 10.9 Å². The minimum absolute atomic E-state index is 0. The molecule has 1 aromatic carbocycles. The fourth-order valence-electron chi connectivity index (χ4n) is 1.45. The van der Waals surface area contributed by atoms with Gasteiger partial charge < -0.3 is 26.2 Å². The van der Waals surface area contributed by atoms with Crippen LogP contribution in [0.15, 0.2) is 30.5 Å². The highest BCUT2D eigenvalue weighted by molar-refractivity contribution is 5.86. The van der Waals surface area contributed by atoms with Crippen LogP contribution in [0.25, 0.3) is 10.9 Å². The summed E-state index contributed by atoms with van der Waals surface area (Å²) < 4.78 is 0. The Labute approximate surface area is 134 Å². The van der Waals surface area contributed by atoms with Crippen LogP contribution in [-0.4, -0.2) is 68.1 Å². The number of nitrogens with zero attached hydrogens (tertiary/aromatic N) is 1. The molecule has 0 aliphatic carbocycles. The maximum atomic E-state index is 9.43. The number of pyridine rings is 1. The SMILES string of the molecule is Cc1ccc(O)c2ncccc12.NC(CO)(CO)CO.[AlH3]. The first-order chi connectivity index (χ1) is 9.47. The fraction of sp³-hybridized carbons (Fsp3) is 0.357. The van der Waals surface area contributed by atoms with Crippen molar-refractivity contribution >= 4 is 28.3 Å². The number of benzene rings is 1. The quantitative estimate of drug-likeness (QED) is 0.451. The third-order valence-corrected chi connectivity index (χ3v) is 2.91. The molecule has 0 atom stereocenters. The van der Waals surface area contributed by atoms with E-state index in [1.54, 1.807) is 12.3 Å². The molecule has 7 heteroatoms. The van der Waals surface area contributed by atoms with Crippen molar-refractivity contribution in [3.8, 4) is 5.75 Å². The number of aryl methyl sites for hydroxylation is 1. The van der Waals surface area contributed by atoms with Gasteiger partial charge in [0.1, 0.15) is 11.3 Å². The monoisotopic (exact) mass is 310 g/mol. The van der Waals surface area contributed by atoms with E-state index in [0.29, 0.717) is 5.52 Å². The Bertz CT molecular complexity index is 513. The molecule has 0 radical (unpaired) electrons. The van der Waals surface area contributed by atoms with Crippen molar-refractivity contribution in [3.05, 3.63) is 36.0 Å². The molecule has 0 aliphatic rings. The van der Waals surface area contributed by atoms with Crippen molar-refractivity contribution < 1.29 is 20.4 Å². The number of fused-ring (bicyclic) bond motifs is 1. The molecule has 0 aliphatic heterocycles. The molecule has 1 heterocycles. The molecule has 6 N–H and O–H groups in total. The predicted octanol–water partition coefficient (Wildman–Crippen LogP) is -1.27. The first kappa shape index (κ1) is 19.8. The Morgan fingerprint density at radius 1 is 1.10 bits per heavy atom. The van der Waals surface area contributed by atoms with Crippen LogP contribution in [0.4, 0.5) is 0 Å². The molecule has 0 saturated heterocycles. The summed E-state index contributed by atoms with van der Waals surface area (Å²) >= 11 is 0. The second-order valence-electron chi connectivity index (χ2n) is 4.64. The zero-order valence-electron chi connectivity index (χ0n) is 11.3. The van der Waals surface area contributed by atoms with Gasteiger partial charge >= 0.3 is 0 Å². The number of phenolic OH excluding ortho intramolecular Hbond substituents is 1. The summed E-state index contributed by atoms with van der Waals surface area (Å²) in [6.45, 7) is 0.795. The van der Waals surface area contributed by atoms with Crippen molar-refractivity contribution in [2.75, 3.05) is 19.8 Å². The van der Waals surface area contributed by atoms with E-state index in [9.17, 15) is 5.11 Å². The summed E-state index contributed by atoms with van der Waals surface area (Å²) in [6.07, 6.45) is 1.68. The molecule has 0 spiro atoms. The number of nitrogens with two attached hydrogens (primary N) is 1. The minimum atomic E-state index is -1.21. The highest BCUT2D eigenvalue weighted by Crippen LogP contribution is 2.24. The van der Waals surface area contributed by atoms with Crippen LogP contribution >= 0.6 is 0 Å². The van der Waals surface area contributed by atoms with Crippen molar-refractivity contribution in [3.63, 3.8) is 0 Å². The number of hydrogen-bond acceptors (Lipinski definition) is 6. The van der Waals surface area contributed by atoms with E-state index in [2.05, 4.69) is 4.98 Å². The molecule has 6 nitrogen and oxygen atoms in total. The Hall–Kier alpha value is -1.20. The molecule has 1 aromatic heterocycles. The summed E-state index contributed by atoms with van der Waals surface area (Å²) in [6, 6.07) is 7.39. The second kappa shape index (κ2) is 8.95. The van der Waals surface area contributed by atoms with Crippen LogP contribution in [0.5, 0.6) is 5.75 Å². The average Bonchev–Trinajstić information content (AvgIpc) is 2.51. The molecule has 2 rings (SSSR count). The molecule has 21 heavy (non-hydrogen) atoms. The van der Waals surface area contributed by atoms with Gasteiger partial charge in [-0.25, -0.2) is 0 Å². The van der Waals surface area contributed by atoms with Gasteiger partial charge in [-0.2, -0.15) is 0 Å². The highest BCUT2D eigenvalue weighted by atomic mass is 27.0. The van der Waals surface area contributed by atoms with E-state index in [1.807, 2.05) is 25.1 Å². The molecular weight excluding hydrogens is 287 g/mol. The molecule has 0 bridgehead atoms. The lowest BCUT2D eigenvalue weighted by Crippen LogP contribution is -2.50. The first-order valence-electron chi connectivity index (χ1n) is 6.12. The predicted molar refractivity (Wildman–Crippen MR) is 86.3 cm³/mol. The number of aliphatic hydroxyl groups excluding tert-OH is 3. The maximum Gasteiger partial charge on any atom is 0.187 e. The van der Waals surface area contributed by atoms with Gasteiger partial charge in [-0.1, -0.05) is 12.1 Å². The molecule has 116 valence electrons. The molecule has 2 aromatic rings. The van der Waals surface area contributed by atoms with E-state index < -0.39 is 25.4 Å². The number of aromatic hydroxyl groups is 1. The van der Waals surface area contributed by atoms with Gasteiger partial charge in [-0.15, -0.1) is 0 Å². The van der Waals surface area contributed by atoms with Gasteiger partial charge in [0.2, 0.25) is 0 Å². The third-order valence-electron chi connectivity index (χ3n) is 2.91. The van der Waals surface area contributed by atoms with Crippen LogP contribution in [0.1, 0.15) is 5.56 Å². The van der Waals surface area contributed by atoms with Crippen molar-refractivity contribution in [1.82, 2.24) is 4.98 Å². The molecule has 0 saturated carbocycles. The number of hydrogen-bond donors (Lipinski definition) is 5. The van der Waals surface area contributed by atoms with Gasteiger partial charge in [0.15, 0.2) is 17.4 Å². The third kappa shape index (κ3) is 5.25. The molecule has 0 amide bonds. The molecule has 0 fully saturated rings. The van der Waals surface area contributed by atoms with Crippen molar-refractivity contribution in [2.24, 2.45) is 5.73 Å². The zero-order chi connectivity index (χ0) is 15.2. The van der Waals surface area contributed by atoms with E-state index in [4.69, 9.17) is 21.1 Å². The lowest BCUT2D eigenvalue weighted by molar-refractivity contribution is 0.0698. The largest absolute Gasteiger partial charge is 0.506 e. The molecular formula is C14H23AlN2O4. The maximum absolute atomic E-state index is 9.43. The fourth-order valence-corrected chi connectivity index (χ4v) is 1.45. The van der Waals surface area contributed by atoms with E-state index >= 15 is 0 Å².